The second kappa shape index (κ2) is 10.2. The molecule has 3 aromatic rings. The Hall–Kier alpha value is -3.77. The summed E-state index contributed by atoms with van der Waals surface area (Å²) in [4.78, 5) is 55.4. The molecule has 1 aromatic carbocycles. The van der Waals surface area contributed by atoms with Crippen molar-refractivity contribution in [2.24, 2.45) is 11.5 Å². The number of nitrogens with one attached hydrogen (secondary N) is 3. The van der Waals surface area contributed by atoms with E-state index in [0.29, 0.717) is 52.7 Å². The highest BCUT2D eigenvalue weighted by Crippen LogP contribution is 2.27. The maximum absolute atomic E-state index is 12.9. The molecule has 0 aliphatic carbocycles. The van der Waals surface area contributed by atoms with Gasteiger partial charge in [-0.3, -0.25) is 19.7 Å². The van der Waals surface area contributed by atoms with Crippen LogP contribution in [0.5, 0.6) is 0 Å². The third-order valence-electron chi connectivity index (χ3n) is 4.89. The molecule has 0 unspecified atom stereocenters. The van der Waals surface area contributed by atoms with Crippen LogP contribution in [-0.4, -0.2) is 51.9 Å². The number of carbonyl (C=O) groups is 4. The molecule has 0 spiro atoms. The van der Waals surface area contributed by atoms with E-state index in [9.17, 15) is 24.3 Å². The number of H-pyrrole nitrogens is 1. The van der Waals surface area contributed by atoms with Gasteiger partial charge in [-0.2, -0.15) is 0 Å². The molecule has 0 atom stereocenters. The number of nitrogens with two attached hydrogens (primary N) is 2. The van der Waals surface area contributed by atoms with Gasteiger partial charge in [0.05, 0.1) is 6.54 Å². The average Bonchev–Trinajstić information content (AvgIpc) is 3.36. The van der Waals surface area contributed by atoms with Crippen molar-refractivity contribution in [3.05, 3.63) is 45.6 Å². The highest BCUT2D eigenvalue weighted by atomic mass is 32.1. The van der Waals surface area contributed by atoms with Gasteiger partial charge in [0.25, 0.3) is 11.8 Å². The van der Waals surface area contributed by atoms with Gasteiger partial charge in [-0.25, -0.2) is 9.78 Å². The van der Waals surface area contributed by atoms with Crippen molar-refractivity contribution in [2.75, 3.05) is 18.4 Å². The van der Waals surface area contributed by atoms with E-state index in [-0.39, 0.29) is 23.1 Å². The SMILES string of the molecule is CCc1sc(NC(=O)c2ccc3[nH]c(C(=O)O)c(CCCN)c3c2)nc1C(=O)NCC(N)=O. The monoisotopic (exact) mass is 472 g/mol. The second-order valence-electron chi connectivity index (χ2n) is 7.18. The summed E-state index contributed by atoms with van der Waals surface area (Å²) in [6.07, 6.45) is 1.56. The number of primary amides is 1. The normalized spacial score (nSPS) is 10.8. The Morgan fingerprint density at radius 3 is 2.61 bits per heavy atom. The zero-order chi connectivity index (χ0) is 24.1. The first-order chi connectivity index (χ1) is 15.7. The van der Waals surface area contributed by atoms with Gasteiger partial charge < -0.3 is 26.9 Å². The van der Waals surface area contributed by atoms with Crippen LogP contribution in [0, 0.1) is 0 Å². The van der Waals surface area contributed by atoms with Crippen molar-refractivity contribution in [2.45, 2.75) is 26.2 Å². The second-order valence-corrected chi connectivity index (χ2v) is 8.27. The summed E-state index contributed by atoms with van der Waals surface area (Å²) >= 11 is 1.15. The van der Waals surface area contributed by atoms with Crippen molar-refractivity contribution < 1.29 is 24.3 Å². The Balaban J connectivity index is 1.87. The number of aromatic amines is 1. The fourth-order valence-corrected chi connectivity index (χ4v) is 4.25. The lowest BCUT2D eigenvalue weighted by Crippen LogP contribution is -2.33. The van der Waals surface area contributed by atoms with Crippen LogP contribution < -0.4 is 22.1 Å². The number of carboxylic acids is 1. The number of aromatic carboxylic acids is 1. The highest BCUT2D eigenvalue weighted by Gasteiger charge is 2.21. The van der Waals surface area contributed by atoms with Crippen LogP contribution in [0.4, 0.5) is 5.13 Å². The van der Waals surface area contributed by atoms with Gasteiger partial charge in [-0.15, -0.1) is 11.3 Å². The van der Waals surface area contributed by atoms with Crippen LogP contribution in [0.1, 0.15) is 55.1 Å². The number of nitrogens with zero attached hydrogens (tertiary/aromatic N) is 1. The number of hydrogen-bond acceptors (Lipinski definition) is 7. The Morgan fingerprint density at radius 2 is 1.97 bits per heavy atom. The smallest absolute Gasteiger partial charge is 0.352 e. The number of carboxylic acid groups (broad SMARTS) is 1. The number of aromatic nitrogens is 2. The molecule has 0 aliphatic heterocycles. The van der Waals surface area contributed by atoms with Crippen LogP contribution in [0.25, 0.3) is 10.9 Å². The summed E-state index contributed by atoms with van der Waals surface area (Å²) in [7, 11) is 0. The molecule has 0 aliphatic rings. The quantitative estimate of drug-likeness (QED) is 0.255. The van der Waals surface area contributed by atoms with Gasteiger partial charge in [-0.1, -0.05) is 6.92 Å². The van der Waals surface area contributed by atoms with Crippen molar-refractivity contribution >= 4 is 51.1 Å². The number of thiazole rings is 1. The summed E-state index contributed by atoms with van der Waals surface area (Å²) in [5, 5.41) is 15.4. The van der Waals surface area contributed by atoms with E-state index in [4.69, 9.17) is 11.5 Å². The standard InChI is InChI=1S/C21H24N6O5S/c1-2-14-17(19(30)24-9-15(23)28)26-21(33-14)27-18(29)10-5-6-13-12(8-10)11(4-3-7-22)16(25-13)20(31)32/h5-6,8,25H,2-4,7,9,22H2,1H3,(H2,23,28)(H,24,30)(H,31,32)(H,26,27,29). The third kappa shape index (κ3) is 5.35. The van der Waals surface area contributed by atoms with E-state index < -0.39 is 23.7 Å². The minimum absolute atomic E-state index is 0.0788. The molecule has 0 fully saturated rings. The molecule has 0 radical (unpaired) electrons. The number of rotatable bonds is 10. The van der Waals surface area contributed by atoms with Gasteiger partial charge in [0, 0.05) is 21.3 Å². The van der Waals surface area contributed by atoms with Gasteiger partial charge in [-0.05, 0) is 49.6 Å². The van der Waals surface area contributed by atoms with Gasteiger partial charge in [0.1, 0.15) is 11.4 Å². The lowest BCUT2D eigenvalue weighted by Gasteiger charge is -2.04. The van der Waals surface area contributed by atoms with Crippen LogP contribution >= 0.6 is 11.3 Å². The van der Waals surface area contributed by atoms with Gasteiger partial charge in [0.15, 0.2) is 5.13 Å². The number of amides is 3. The summed E-state index contributed by atoms with van der Waals surface area (Å²) in [6.45, 7) is 1.93. The average molecular weight is 473 g/mol. The van der Waals surface area contributed by atoms with Crippen LogP contribution in [0.2, 0.25) is 0 Å². The molecule has 12 heteroatoms. The summed E-state index contributed by atoms with van der Waals surface area (Å²) in [6, 6.07) is 4.83. The maximum atomic E-state index is 12.9. The molecule has 33 heavy (non-hydrogen) atoms. The molecule has 3 amide bonds. The molecule has 0 bridgehead atoms. The molecule has 2 heterocycles. The lowest BCUT2D eigenvalue weighted by atomic mass is 10.0. The Bertz CT molecular complexity index is 1230. The molecule has 174 valence electrons. The molecular weight excluding hydrogens is 448 g/mol. The van der Waals surface area contributed by atoms with E-state index in [1.807, 2.05) is 6.92 Å². The largest absolute Gasteiger partial charge is 0.477 e. The molecule has 2 aromatic heterocycles. The molecule has 0 saturated carbocycles. The van der Waals surface area contributed by atoms with Crippen molar-refractivity contribution in [1.82, 2.24) is 15.3 Å². The highest BCUT2D eigenvalue weighted by molar-refractivity contribution is 7.16. The Kier molecular flexibility index (Phi) is 7.41. The van der Waals surface area contributed by atoms with Crippen molar-refractivity contribution in [3.63, 3.8) is 0 Å². The van der Waals surface area contributed by atoms with Crippen molar-refractivity contribution in [1.29, 1.82) is 0 Å². The number of aryl methyl sites for hydroxylation is 2. The fraction of sp³-hybridized carbons (Fsp3) is 0.286. The predicted molar refractivity (Wildman–Crippen MR) is 124 cm³/mol. The molecular formula is C21H24N6O5S. The van der Waals surface area contributed by atoms with Gasteiger partial charge in [0.2, 0.25) is 5.91 Å². The number of fused-ring (bicyclic) bond motifs is 1. The Labute approximate surface area is 192 Å². The molecule has 8 N–H and O–H groups in total. The number of hydrogen-bond donors (Lipinski definition) is 6. The van der Waals surface area contributed by atoms with E-state index in [1.54, 1.807) is 18.2 Å². The van der Waals surface area contributed by atoms with E-state index in [0.717, 1.165) is 11.3 Å². The van der Waals surface area contributed by atoms with E-state index >= 15 is 0 Å². The van der Waals surface area contributed by atoms with Crippen LogP contribution in [0.15, 0.2) is 18.2 Å². The number of anilines is 1. The zero-order valence-electron chi connectivity index (χ0n) is 17.9. The zero-order valence-corrected chi connectivity index (χ0v) is 18.7. The van der Waals surface area contributed by atoms with E-state index in [1.165, 1.54) is 0 Å². The fourth-order valence-electron chi connectivity index (χ4n) is 3.35. The number of carbonyl (C=O) groups excluding carboxylic acids is 3. The Morgan fingerprint density at radius 1 is 1.21 bits per heavy atom. The minimum atomic E-state index is -1.08. The topological polar surface area (TPSA) is 193 Å². The summed E-state index contributed by atoms with van der Waals surface area (Å²) in [5.41, 5.74) is 12.3. The summed E-state index contributed by atoms with van der Waals surface area (Å²) in [5.74, 6) is -2.77. The molecule has 11 nitrogen and oxygen atoms in total. The first-order valence-corrected chi connectivity index (χ1v) is 11.0. The third-order valence-corrected chi connectivity index (χ3v) is 6.01. The van der Waals surface area contributed by atoms with E-state index in [2.05, 4.69) is 20.6 Å². The molecule has 3 rings (SSSR count). The maximum Gasteiger partial charge on any atom is 0.352 e. The first-order valence-electron chi connectivity index (χ1n) is 10.2. The number of benzene rings is 1. The predicted octanol–water partition coefficient (Wildman–Crippen LogP) is 1.24. The van der Waals surface area contributed by atoms with Crippen molar-refractivity contribution in [3.8, 4) is 0 Å². The minimum Gasteiger partial charge on any atom is -0.477 e. The lowest BCUT2D eigenvalue weighted by molar-refractivity contribution is -0.117. The first kappa shape index (κ1) is 23.9. The molecule has 0 saturated heterocycles. The van der Waals surface area contributed by atoms with Crippen LogP contribution in [0.3, 0.4) is 0 Å². The van der Waals surface area contributed by atoms with Crippen LogP contribution in [-0.2, 0) is 17.6 Å². The van der Waals surface area contributed by atoms with Gasteiger partial charge >= 0.3 is 5.97 Å². The summed E-state index contributed by atoms with van der Waals surface area (Å²) < 4.78 is 0.